The first-order valence-electron chi connectivity index (χ1n) is 12.3. The maximum absolute atomic E-state index is 14.0. The van der Waals surface area contributed by atoms with Crippen molar-refractivity contribution in [1.82, 2.24) is 19.9 Å². The highest BCUT2D eigenvalue weighted by Gasteiger charge is 2.25. The van der Waals surface area contributed by atoms with Gasteiger partial charge in [0.05, 0.1) is 35.5 Å². The number of likely N-dealkylation sites (N-methyl/N-ethyl adjacent to an activating group) is 2. The quantitative estimate of drug-likeness (QED) is 0.303. The van der Waals surface area contributed by atoms with Gasteiger partial charge in [-0.15, -0.1) is 0 Å². The fraction of sp³-hybridized carbons (Fsp3) is 0.423. The normalized spacial score (nSPS) is 15.9. The number of rotatable bonds is 9. The third kappa shape index (κ3) is 6.03. The summed E-state index contributed by atoms with van der Waals surface area (Å²) < 4.78 is 33.4. The molecule has 0 radical (unpaired) electrons. The average molecular weight is 529 g/mol. The molecule has 0 saturated carbocycles. The van der Waals surface area contributed by atoms with Crippen LogP contribution in [0.5, 0.6) is 5.75 Å². The molecule has 1 saturated heterocycles. The Balaban J connectivity index is 1.56. The maximum Gasteiger partial charge on any atom is 0.232 e. The number of nitrogens with one attached hydrogen (secondary N) is 2. The second-order valence-corrected chi connectivity index (χ2v) is 10.0. The Morgan fingerprint density at radius 1 is 1.13 bits per heavy atom. The molecule has 1 aliphatic heterocycles. The number of nitrogens with two attached hydrogens (primary N) is 1. The lowest BCUT2D eigenvalue weighted by Crippen LogP contribution is -2.36. The van der Waals surface area contributed by atoms with Gasteiger partial charge in [-0.1, -0.05) is 0 Å². The van der Waals surface area contributed by atoms with Gasteiger partial charge in [-0.05, 0) is 52.4 Å². The smallest absolute Gasteiger partial charge is 0.232 e. The molecular formula is C26H34F2N8O2. The molecular weight excluding hydrogens is 494 g/mol. The van der Waals surface area contributed by atoms with E-state index >= 15 is 0 Å². The lowest BCUT2D eigenvalue weighted by Gasteiger charge is -2.28. The van der Waals surface area contributed by atoms with Crippen molar-refractivity contribution in [1.29, 1.82) is 0 Å². The molecule has 10 nitrogen and oxygen atoms in total. The van der Waals surface area contributed by atoms with E-state index in [2.05, 4.69) is 42.4 Å². The fourth-order valence-corrected chi connectivity index (χ4v) is 4.62. The number of hydrogen-bond donors (Lipinski definition) is 4. The highest BCUT2D eigenvalue weighted by atomic mass is 19.2. The number of benzene rings is 2. The zero-order chi connectivity index (χ0) is 27.6. The van der Waals surface area contributed by atoms with Crippen LogP contribution in [0.15, 0.2) is 30.6 Å². The lowest BCUT2D eigenvalue weighted by atomic mass is 9.96. The first-order chi connectivity index (χ1) is 18.0. The van der Waals surface area contributed by atoms with E-state index in [1.807, 2.05) is 13.1 Å². The molecule has 0 spiro atoms. The number of nitrogens with zero attached hydrogens (tertiary/aromatic N) is 5. The minimum absolute atomic E-state index is 0.0583. The number of nitrogen functional groups attached to an aromatic ring is 1. The lowest BCUT2D eigenvalue weighted by molar-refractivity contribution is 0.0789. The van der Waals surface area contributed by atoms with Gasteiger partial charge in [0.25, 0.3) is 0 Å². The van der Waals surface area contributed by atoms with Gasteiger partial charge in [0.15, 0.2) is 11.6 Å². The van der Waals surface area contributed by atoms with Crippen molar-refractivity contribution in [3.05, 3.63) is 47.8 Å². The van der Waals surface area contributed by atoms with E-state index in [0.29, 0.717) is 23.2 Å². The highest BCUT2D eigenvalue weighted by Crippen LogP contribution is 2.37. The van der Waals surface area contributed by atoms with Crippen LogP contribution in [0.3, 0.4) is 0 Å². The Labute approximate surface area is 220 Å². The van der Waals surface area contributed by atoms with Gasteiger partial charge in [0.1, 0.15) is 12.1 Å². The summed E-state index contributed by atoms with van der Waals surface area (Å²) in [6, 6.07) is 5.97. The minimum Gasteiger partial charge on any atom is -0.494 e. The van der Waals surface area contributed by atoms with E-state index in [9.17, 15) is 13.9 Å². The summed E-state index contributed by atoms with van der Waals surface area (Å²) in [6.45, 7) is 4.87. The van der Waals surface area contributed by atoms with Crippen LogP contribution < -0.4 is 26.0 Å². The topological polar surface area (TPSA) is 125 Å². The Kier molecular flexibility index (Phi) is 7.83. The molecule has 0 amide bonds. The summed E-state index contributed by atoms with van der Waals surface area (Å²) in [6.07, 6.45) is 3.60. The third-order valence-electron chi connectivity index (χ3n) is 6.70. The summed E-state index contributed by atoms with van der Waals surface area (Å²) in [4.78, 5) is 17.0. The van der Waals surface area contributed by atoms with E-state index in [0.717, 1.165) is 37.3 Å². The minimum atomic E-state index is -1.45. The Morgan fingerprint density at radius 3 is 2.39 bits per heavy atom. The second-order valence-electron chi connectivity index (χ2n) is 10.0. The first-order valence-corrected chi connectivity index (χ1v) is 12.3. The van der Waals surface area contributed by atoms with Crippen molar-refractivity contribution in [2.75, 3.05) is 55.6 Å². The molecule has 38 heavy (non-hydrogen) atoms. The summed E-state index contributed by atoms with van der Waals surface area (Å²) in [7, 11) is 5.71. The fourth-order valence-electron chi connectivity index (χ4n) is 4.62. The number of halogens is 2. The molecule has 0 aliphatic carbocycles. The molecule has 1 fully saturated rings. The van der Waals surface area contributed by atoms with Crippen molar-refractivity contribution in [3.63, 3.8) is 0 Å². The van der Waals surface area contributed by atoms with Crippen LogP contribution in [0.4, 0.5) is 43.4 Å². The molecule has 5 N–H and O–H groups in total. The second kappa shape index (κ2) is 10.9. The molecule has 1 aliphatic rings. The molecule has 12 heteroatoms. The highest BCUT2D eigenvalue weighted by molar-refractivity contribution is 5.79. The van der Waals surface area contributed by atoms with Crippen LogP contribution in [0.25, 0.3) is 0 Å². The monoisotopic (exact) mass is 528 g/mol. The van der Waals surface area contributed by atoms with E-state index in [1.54, 1.807) is 13.2 Å². The molecule has 2 heterocycles. The molecule has 4 rings (SSSR count). The van der Waals surface area contributed by atoms with Crippen LogP contribution in [-0.4, -0.2) is 65.3 Å². The van der Waals surface area contributed by atoms with Gasteiger partial charge < -0.3 is 36.0 Å². The Hall–Kier alpha value is -3.77. The summed E-state index contributed by atoms with van der Waals surface area (Å²) >= 11 is 0. The zero-order valence-electron chi connectivity index (χ0n) is 22.2. The predicted octanol–water partition coefficient (Wildman–Crippen LogP) is 3.99. The number of anilines is 6. The number of aliphatic hydroxyl groups is 1. The van der Waals surface area contributed by atoms with Crippen LogP contribution >= 0.6 is 0 Å². The van der Waals surface area contributed by atoms with Gasteiger partial charge in [-0.3, -0.25) is 0 Å². The third-order valence-corrected chi connectivity index (χ3v) is 6.70. The van der Waals surface area contributed by atoms with Crippen LogP contribution in [-0.2, 0) is 5.60 Å². The van der Waals surface area contributed by atoms with E-state index in [1.165, 1.54) is 26.6 Å². The molecule has 3 aromatic rings. The van der Waals surface area contributed by atoms with Crippen LogP contribution in [0.1, 0.15) is 32.3 Å². The summed E-state index contributed by atoms with van der Waals surface area (Å²) in [5.74, 6) is -1.37. The van der Waals surface area contributed by atoms with Crippen LogP contribution in [0, 0.1) is 11.6 Å². The summed E-state index contributed by atoms with van der Waals surface area (Å²) in [5.41, 5.74) is 7.19. The molecule has 0 bridgehead atoms. The van der Waals surface area contributed by atoms with Gasteiger partial charge in [-0.25, -0.2) is 18.7 Å². The van der Waals surface area contributed by atoms with Crippen molar-refractivity contribution < 1.29 is 18.6 Å². The number of aromatic nitrogens is 3. The van der Waals surface area contributed by atoms with Crippen molar-refractivity contribution >= 4 is 34.6 Å². The first kappa shape index (κ1) is 27.3. The van der Waals surface area contributed by atoms with Gasteiger partial charge in [0.2, 0.25) is 11.9 Å². The SMILES string of the molecule is COc1cc(N(C)C[C@H]2CCCN2C)c(N)cc1Nc1ncnc(Nc2cc(F)c(F)cc2C(C)(C)O)n1. The Morgan fingerprint density at radius 2 is 1.79 bits per heavy atom. The van der Waals surface area contributed by atoms with Gasteiger partial charge in [-0.2, -0.15) is 4.98 Å². The number of likely N-dealkylation sites (tertiary alicyclic amines) is 1. The van der Waals surface area contributed by atoms with Crippen LogP contribution in [0.2, 0.25) is 0 Å². The zero-order valence-corrected chi connectivity index (χ0v) is 22.2. The van der Waals surface area contributed by atoms with Crippen molar-refractivity contribution in [2.45, 2.75) is 38.3 Å². The van der Waals surface area contributed by atoms with E-state index in [-0.39, 0.29) is 23.1 Å². The molecule has 1 atom stereocenters. The largest absolute Gasteiger partial charge is 0.494 e. The average Bonchev–Trinajstić information content (AvgIpc) is 3.25. The predicted molar refractivity (Wildman–Crippen MR) is 144 cm³/mol. The number of hydrogen-bond acceptors (Lipinski definition) is 10. The van der Waals surface area contributed by atoms with E-state index in [4.69, 9.17) is 10.5 Å². The molecule has 1 aromatic heterocycles. The molecule has 204 valence electrons. The molecule has 2 aromatic carbocycles. The van der Waals surface area contributed by atoms with E-state index < -0.39 is 17.2 Å². The van der Waals surface area contributed by atoms with Gasteiger partial charge in [0, 0.05) is 37.3 Å². The van der Waals surface area contributed by atoms with Crippen molar-refractivity contribution in [2.24, 2.45) is 0 Å². The number of ether oxygens (including phenoxy) is 1. The standard InChI is InChI=1S/C26H34F2N8O2/c1-26(2,37)16-9-17(27)18(28)10-20(16)32-24-30-14-31-25(34-24)33-21-11-19(29)22(12-23(21)38-5)36(4)13-15-7-6-8-35(15)3/h9-12,14-15,37H,6-8,13,29H2,1-5H3,(H2,30,31,32,33,34)/t15-/m1/s1. The number of methoxy groups -OCH3 is 1. The maximum atomic E-state index is 14.0. The molecule has 0 unspecified atom stereocenters. The van der Waals surface area contributed by atoms with Crippen molar-refractivity contribution in [3.8, 4) is 5.75 Å². The summed E-state index contributed by atoms with van der Waals surface area (Å²) in [5, 5.41) is 16.3. The Bertz CT molecular complexity index is 1300. The van der Waals surface area contributed by atoms with Gasteiger partial charge >= 0.3 is 0 Å².